The van der Waals surface area contributed by atoms with Crippen molar-refractivity contribution in [3.63, 3.8) is 0 Å². The summed E-state index contributed by atoms with van der Waals surface area (Å²) in [7, 11) is 3.18. The van der Waals surface area contributed by atoms with Crippen LogP contribution in [0.15, 0.2) is 54.6 Å². The van der Waals surface area contributed by atoms with Gasteiger partial charge < -0.3 is 33.9 Å². The summed E-state index contributed by atoms with van der Waals surface area (Å²) in [6, 6.07) is 11.1. The van der Waals surface area contributed by atoms with E-state index in [9.17, 15) is 15.0 Å². The molecule has 1 unspecified atom stereocenters. The molecule has 1 fully saturated rings. The topological polar surface area (TPSA) is 104 Å². The van der Waals surface area contributed by atoms with E-state index in [1.807, 2.05) is 56.3 Å². The third-order valence-corrected chi connectivity index (χ3v) is 6.40. The van der Waals surface area contributed by atoms with Gasteiger partial charge in [0.1, 0.15) is 23.7 Å². The van der Waals surface area contributed by atoms with Crippen molar-refractivity contribution in [1.82, 2.24) is 0 Å². The molecule has 2 N–H and O–H groups in total. The first-order valence-corrected chi connectivity index (χ1v) is 13.1. The Bertz CT molecular complexity index is 1150. The summed E-state index contributed by atoms with van der Waals surface area (Å²) in [6.07, 6.45) is 6.72. The predicted molar refractivity (Wildman–Crippen MR) is 149 cm³/mol. The maximum atomic E-state index is 11.9. The van der Waals surface area contributed by atoms with Crippen molar-refractivity contribution in [3.8, 4) is 11.5 Å². The molecule has 4 atom stereocenters. The fourth-order valence-electron chi connectivity index (χ4n) is 4.56. The summed E-state index contributed by atoms with van der Waals surface area (Å²) in [5, 5.41) is 19.5. The van der Waals surface area contributed by atoms with Gasteiger partial charge in [-0.15, -0.1) is 0 Å². The smallest absolute Gasteiger partial charge is 0.336 e. The molecule has 0 amide bonds. The highest BCUT2D eigenvalue weighted by Gasteiger charge is 2.44. The summed E-state index contributed by atoms with van der Waals surface area (Å²) in [6.45, 7) is 7.55. The molecule has 0 spiro atoms. The first-order chi connectivity index (χ1) is 18.5. The van der Waals surface area contributed by atoms with Gasteiger partial charge >= 0.3 is 5.97 Å². The molecule has 1 heterocycles. The summed E-state index contributed by atoms with van der Waals surface area (Å²) in [4.78, 5) is 11.9. The van der Waals surface area contributed by atoms with Crippen LogP contribution >= 0.6 is 0 Å². The zero-order valence-electron chi connectivity index (χ0n) is 23.5. The maximum absolute atomic E-state index is 11.9. The molecule has 2 aromatic carbocycles. The predicted octanol–water partition coefficient (Wildman–Crippen LogP) is 5.55. The molecule has 39 heavy (non-hydrogen) atoms. The van der Waals surface area contributed by atoms with Gasteiger partial charge in [-0.1, -0.05) is 36.4 Å². The normalized spacial score (nSPS) is 20.4. The van der Waals surface area contributed by atoms with Gasteiger partial charge in [0, 0.05) is 0 Å². The van der Waals surface area contributed by atoms with Gasteiger partial charge in [0.15, 0.2) is 5.79 Å². The number of aliphatic hydroxyl groups is 1. The molecular weight excluding hydrogens is 500 g/mol. The molecule has 1 aliphatic heterocycles. The zero-order valence-corrected chi connectivity index (χ0v) is 23.5. The van der Waals surface area contributed by atoms with Crippen LogP contribution in [0.4, 0.5) is 0 Å². The first-order valence-electron chi connectivity index (χ1n) is 13.1. The Labute approximate surface area is 230 Å². The van der Waals surface area contributed by atoms with E-state index in [-0.39, 0.29) is 11.7 Å². The van der Waals surface area contributed by atoms with Crippen molar-refractivity contribution < 1.29 is 38.7 Å². The van der Waals surface area contributed by atoms with E-state index < -0.39 is 30.1 Å². The highest BCUT2D eigenvalue weighted by molar-refractivity contribution is 5.94. The second-order valence-corrected chi connectivity index (χ2v) is 10.1. The highest BCUT2D eigenvalue weighted by atomic mass is 16.8. The molecule has 0 bridgehead atoms. The lowest BCUT2D eigenvalue weighted by Crippen LogP contribution is -2.36. The number of benzene rings is 2. The number of hydrogen-bond donors (Lipinski definition) is 2. The van der Waals surface area contributed by atoms with E-state index in [1.54, 1.807) is 46.3 Å². The minimum Gasteiger partial charge on any atom is -0.497 e. The van der Waals surface area contributed by atoms with Gasteiger partial charge in [-0.05, 0) is 81.5 Å². The molecule has 8 heteroatoms. The number of carbonyl (C=O) groups is 1. The molecule has 8 nitrogen and oxygen atoms in total. The molecule has 3 rings (SSSR count). The van der Waals surface area contributed by atoms with E-state index in [4.69, 9.17) is 23.7 Å². The van der Waals surface area contributed by atoms with Crippen molar-refractivity contribution in [2.75, 3.05) is 14.2 Å². The molecule has 1 aliphatic rings. The molecule has 0 aromatic heterocycles. The van der Waals surface area contributed by atoms with Gasteiger partial charge in [-0.2, -0.15) is 0 Å². The van der Waals surface area contributed by atoms with Crippen LogP contribution in [0.3, 0.4) is 0 Å². The molecule has 0 saturated carbocycles. The Morgan fingerprint density at radius 1 is 1.08 bits per heavy atom. The van der Waals surface area contributed by atoms with E-state index in [0.717, 1.165) is 11.3 Å². The number of aliphatic hydroxyl groups excluding tert-OH is 1. The minimum atomic E-state index is -0.996. The van der Waals surface area contributed by atoms with Gasteiger partial charge in [-0.25, -0.2) is 4.79 Å². The van der Waals surface area contributed by atoms with Gasteiger partial charge in [-0.3, -0.25) is 0 Å². The highest BCUT2D eigenvalue weighted by Crippen LogP contribution is 2.34. The Morgan fingerprint density at radius 3 is 2.38 bits per heavy atom. The number of aromatic carboxylic acids is 1. The summed E-state index contributed by atoms with van der Waals surface area (Å²) in [5.41, 5.74) is 2.39. The molecule has 1 saturated heterocycles. The summed E-state index contributed by atoms with van der Waals surface area (Å²) >= 11 is 0. The quantitative estimate of drug-likeness (QED) is 0.319. The SMILES string of the molecule is COc1ccc(COC(/C=C\C[C@H](C)O)[C@H]2OC(C)(C)O[C@@H]2C/C=C/c2cc(OC)cc(C)c2C(=O)O)cc1. The van der Waals surface area contributed by atoms with Crippen LogP contribution in [-0.2, 0) is 20.8 Å². The van der Waals surface area contributed by atoms with Crippen LogP contribution in [0.2, 0.25) is 0 Å². The average Bonchev–Trinajstić information content (AvgIpc) is 3.19. The third-order valence-electron chi connectivity index (χ3n) is 6.40. The molecule has 0 radical (unpaired) electrons. The number of carboxylic acids is 1. The average molecular weight is 541 g/mol. The zero-order chi connectivity index (χ0) is 28.6. The molecule has 0 aliphatic carbocycles. The molecule has 2 aromatic rings. The van der Waals surface area contributed by atoms with E-state index in [1.165, 1.54) is 0 Å². The molecular formula is C31H40O8. The van der Waals surface area contributed by atoms with Gasteiger partial charge in [0.2, 0.25) is 0 Å². The Balaban J connectivity index is 1.82. The van der Waals surface area contributed by atoms with E-state index in [0.29, 0.717) is 36.3 Å². The van der Waals surface area contributed by atoms with Crippen LogP contribution in [-0.4, -0.2) is 60.6 Å². The van der Waals surface area contributed by atoms with Crippen molar-refractivity contribution in [2.45, 2.75) is 77.3 Å². The fraction of sp³-hybridized carbons (Fsp3) is 0.452. The van der Waals surface area contributed by atoms with Crippen molar-refractivity contribution in [3.05, 3.63) is 76.9 Å². The van der Waals surface area contributed by atoms with E-state index in [2.05, 4.69) is 0 Å². The second kappa shape index (κ2) is 13.8. The number of carboxylic acid groups (broad SMARTS) is 1. The number of methoxy groups -OCH3 is 2. The standard InChI is InChI=1S/C31H40O8/c1-20-17-25(36-6)18-23(28(20)30(33)34)10-8-12-27-29(39-31(3,4)38-27)26(11-7-9-21(2)32)37-19-22-13-15-24(35-5)16-14-22/h7-8,10-11,13-18,21,26-27,29,32H,9,12,19H2,1-6H3,(H,33,34)/b10-8+,11-7-/t21-,26?,27+,29+/m0/s1. The number of rotatable bonds is 13. The molecule has 212 valence electrons. The lowest BCUT2D eigenvalue weighted by Gasteiger charge is -2.24. The van der Waals surface area contributed by atoms with Gasteiger partial charge in [0.05, 0.1) is 38.6 Å². The lowest BCUT2D eigenvalue weighted by molar-refractivity contribution is -0.156. The Kier molecular flexibility index (Phi) is 10.7. The first kappa shape index (κ1) is 30.4. The Morgan fingerprint density at radius 2 is 1.77 bits per heavy atom. The van der Waals surface area contributed by atoms with Crippen molar-refractivity contribution in [2.24, 2.45) is 0 Å². The van der Waals surface area contributed by atoms with Crippen LogP contribution in [0, 0.1) is 6.92 Å². The van der Waals surface area contributed by atoms with Crippen LogP contribution in [0.1, 0.15) is 60.7 Å². The van der Waals surface area contributed by atoms with Crippen LogP contribution in [0.5, 0.6) is 11.5 Å². The summed E-state index contributed by atoms with van der Waals surface area (Å²) < 4.78 is 29.4. The van der Waals surface area contributed by atoms with Gasteiger partial charge in [0.25, 0.3) is 0 Å². The Hall–Kier alpha value is -3.17. The summed E-state index contributed by atoms with van der Waals surface area (Å²) in [5.74, 6) is -0.469. The third kappa shape index (κ3) is 8.66. The van der Waals surface area contributed by atoms with Crippen LogP contribution in [0.25, 0.3) is 6.08 Å². The monoisotopic (exact) mass is 540 g/mol. The minimum absolute atomic E-state index is 0.231. The van der Waals surface area contributed by atoms with Crippen molar-refractivity contribution >= 4 is 12.0 Å². The lowest BCUT2D eigenvalue weighted by atomic mass is 9.99. The number of ether oxygens (including phenoxy) is 5. The number of aryl methyl sites for hydroxylation is 1. The maximum Gasteiger partial charge on any atom is 0.336 e. The van der Waals surface area contributed by atoms with E-state index >= 15 is 0 Å². The van der Waals surface area contributed by atoms with Crippen LogP contribution < -0.4 is 9.47 Å². The fourth-order valence-corrected chi connectivity index (χ4v) is 4.56. The van der Waals surface area contributed by atoms with Crippen molar-refractivity contribution in [1.29, 1.82) is 0 Å². The number of hydrogen-bond acceptors (Lipinski definition) is 7. The second-order valence-electron chi connectivity index (χ2n) is 10.1. The largest absolute Gasteiger partial charge is 0.497 e.